The Bertz CT molecular complexity index is 492. The highest BCUT2D eigenvalue weighted by molar-refractivity contribution is 7.10. The van der Waals surface area contributed by atoms with E-state index in [1.54, 1.807) is 17.4 Å². The van der Waals surface area contributed by atoms with E-state index < -0.39 is 0 Å². The van der Waals surface area contributed by atoms with Crippen molar-refractivity contribution in [1.29, 1.82) is 0 Å². The maximum Gasteiger partial charge on any atom is 0.126 e. The first-order valence-corrected chi connectivity index (χ1v) is 6.57. The lowest BCUT2D eigenvalue weighted by atomic mass is 9.94. The molecule has 90 valence electrons. The molecule has 1 nitrogen and oxygen atoms in total. The van der Waals surface area contributed by atoms with Crippen molar-refractivity contribution in [3.05, 3.63) is 57.5 Å². The van der Waals surface area contributed by atoms with Gasteiger partial charge in [-0.15, -0.1) is 11.3 Å². The minimum atomic E-state index is -0.155. The Morgan fingerprint density at radius 2 is 2.06 bits per heavy atom. The van der Waals surface area contributed by atoms with Gasteiger partial charge >= 0.3 is 0 Å². The van der Waals surface area contributed by atoms with Crippen LogP contribution in [-0.2, 0) is 6.42 Å². The maximum absolute atomic E-state index is 13.7. The maximum atomic E-state index is 13.7. The van der Waals surface area contributed by atoms with Gasteiger partial charge in [-0.2, -0.15) is 0 Å². The third kappa shape index (κ3) is 2.73. The van der Waals surface area contributed by atoms with Gasteiger partial charge in [-0.3, -0.25) is 0 Å². The minimum absolute atomic E-state index is 0.0635. The summed E-state index contributed by atoms with van der Waals surface area (Å²) in [6, 6.07) is 9.00. The highest BCUT2D eigenvalue weighted by Gasteiger charge is 2.16. The number of halogens is 1. The molecule has 0 fully saturated rings. The molecule has 0 spiro atoms. The number of thiophene rings is 1. The smallest absolute Gasteiger partial charge is 0.126 e. The summed E-state index contributed by atoms with van der Waals surface area (Å²) < 4.78 is 13.7. The number of rotatable bonds is 4. The van der Waals surface area contributed by atoms with E-state index in [-0.39, 0.29) is 11.7 Å². The number of benzene rings is 1. The quantitative estimate of drug-likeness (QED) is 0.882. The average Bonchev–Trinajstić information content (AvgIpc) is 2.73. The van der Waals surface area contributed by atoms with E-state index in [2.05, 4.69) is 18.4 Å². The van der Waals surface area contributed by atoms with Crippen molar-refractivity contribution in [1.82, 2.24) is 0 Å². The summed E-state index contributed by atoms with van der Waals surface area (Å²) in [4.78, 5) is 1.30. The van der Waals surface area contributed by atoms with Gasteiger partial charge in [-0.1, -0.05) is 18.2 Å². The predicted molar refractivity (Wildman–Crippen MR) is 71.0 cm³/mol. The van der Waals surface area contributed by atoms with Crippen molar-refractivity contribution < 1.29 is 4.39 Å². The molecule has 3 heteroatoms. The van der Waals surface area contributed by atoms with Crippen molar-refractivity contribution in [2.24, 2.45) is 5.73 Å². The molecule has 0 aliphatic rings. The van der Waals surface area contributed by atoms with E-state index >= 15 is 0 Å². The van der Waals surface area contributed by atoms with Gasteiger partial charge in [0.15, 0.2) is 0 Å². The van der Waals surface area contributed by atoms with Gasteiger partial charge in [-0.05, 0) is 48.5 Å². The first-order chi connectivity index (χ1) is 8.22. The Balaban J connectivity index is 2.23. The first kappa shape index (κ1) is 12.3. The predicted octanol–water partition coefficient (Wildman–Crippen LogP) is 3.48. The van der Waals surface area contributed by atoms with Crippen LogP contribution in [-0.4, -0.2) is 6.54 Å². The molecule has 1 unspecified atom stereocenters. The van der Waals surface area contributed by atoms with Crippen molar-refractivity contribution in [3.8, 4) is 0 Å². The topological polar surface area (TPSA) is 26.0 Å². The van der Waals surface area contributed by atoms with Crippen LogP contribution in [0.25, 0.3) is 0 Å². The lowest BCUT2D eigenvalue weighted by molar-refractivity contribution is 0.577. The number of hydrogen-bond donors (Lipinski definition) is 1. The fraction of sp³-hybridized carbons (Fsp3) is 0.286. The molecule has 2 N–H and O–H groups in total. The molecule has 0 saturated carbocycles. The van der Waals surface area contributed by atoms with Crippen LogP contribution in [0.15, 0.2) is 35.7 Å². The SMILES string of the molecule is Cc1ccsc1CC(CN)c1ccccc1F. The Labute approximate surface area is 105 Å². The second kappa shape index (κ2) is 5.43. The summed E-state index contributed by atoms with van der Waals surface area (Å²) in [5, 5.41) is 2.07. The highest BCUT2D eigenvalue weighted by Crippen LogP contribution is 2.26. The fourth-order valence-corrected chi connectivity index (χ4v) is 2.95. The van der Waals surface area contributed by atoms with E-state index in [4.69, 9.17) is 5.73 Å². The van der Waals surface area contributed by atoms with Crippen molar-refractivity contribution >= 4 is 11.3 Å². The first-order valence-electron chi connectivity index (χ1n) is 5.70. The summed E-state index contributed by atoms with van der Waals surface area (Å²) in [6.45, 7) is 2.55. The van der Waals surface area contributed by atoms with Crippen LogP contribution in [0.2, 0.25) is 0 Å². The number of hydrogen-bond acceptors (Lipinski definition) is 2. The van der Waals surface area contributed by atoms with Gasteiger partial charge in [0.25, 0.3) is 0 Å². The van der Waals surface area contributed by atoms with Gasteiger partial charge in [0.1, 0.15) is 5.82 Å². The molecule has 1 aromatic heterocycles. The molecule has 0 radical (unpaired) electrons. The Morgan fingerprint density at radius 3 is 2.65 bits per heavy atom. The van der Waals surface area contributed by atoms with Crippen LogP contribution in [0, 0.1) is 12.7 Å². The monoisotopic (exact) mass is 249 g/mol. The number of aryl methyl sites for hydroxylation is 1. The van der Waals surface area contributed by atoms with Crippen LogP contribution in [0.3, 0.4) is 0 Å². The van der Waals surface area contributed by atoms with Crippen molar-refractivity contribution in [2.75, 3.05) is 6.54 Å². The molecule has 2 rings (SSSR count). The van der Waals surface area contributed by atoms with Gasteiger partial charge < -0.3 is 5.73 Å². The molecular weight excluding hydrogens is 233 g/mol. The van der Waals surface area contributed by atoms with Crippen molar-refractivity contribution in [2.45, 2.75) is 19.3 Å². The molecule has 0 saturated heterocycles. The minimum Gasteiger partial charge on any atom is -0.330 e. The molecule has 1 aromatic carbocycles. The van der Waals surface area contributed by atoms with E-state index in [9.17, 15) is 4.39 Å². The molecule has 0 aliphatic carbocycles. The normalized spacial score (nSPS) is 12.6. The summed E-state index contributed by atoms with van der Waals surface area (Å²) in [5.41, 5.74) is 7.77. The van der Waals surface area contributed by atoms with E-state index in [1.807, 2.05) is 12.1 Å². The zero-order chi connectivity index (χ0) is 12.3. The largest absolute Gasteiger partial charge is 0.330 e. The number of nitrogens with two attached hydrogens (primary N) is 1. The highest BCUT2D eigenvalue weighted by atomic mass is 32.1. The third-order valence-electron chi connectivity index (χ3n) is 3.03. The molecule has 2 aromatic rings. The summed E-state index contributed by atoms with van der Waals surface area (Å²) in [7, 11) is 0. The van der Waals surface area contributed by atoms with E-state index in [0.29, 0.717) is 6.54 Å². The molecular formula is C14H16FNS. The van der Waals surface area contributed by atoms with Crippen LogP contribution >= 0.6 is 11.3 Å². The standard InChI is InChI=1S/C14H16FNS/c1-10-6-7-17-14(10)8-11(9-16)12-4-2-3-5-13(12)15/h2-7,11H,8-9,16H2,1H3. The summed E-state index contributed by atoms with van der Waals surface area (Å²) in [5.74, 6) is -0.0919. The second-order valence-corrected chi connectivity index (χ2v) is 5.19. The lowest BCUT2D eigenvalue weighted by Crippen LogP contribution is -2.16. The molecule has 1 atom stereocenters. The Kier molecular flexibility index (Phi) is 3.92. The van der Waals surface area contributed by atoms with E-state index in [1.165, 1.54) is 16.5 Å². The fourth-order valence-electron chi connectivity index (χ4n) is 1.96. The van der Waals surface area contributed by atoms with E-state index in [0.717, 1.165) is 12.0 Å². The second-order valence-electron chi connectivity index (χ2n) is 4.19. The Hall–Kier alpha value is -1.19. The summed E-state index contributed by atoms with van der Waals surface area (Å²) in [6.07, 6.45) is 0.820. The van der Waals surface area contributed by atoms with Crippen LogP contribution < -0.4 is 5.73 Å². The molecule has 0 bridgehead atoms. The van der Waals surface area contributed by atoms with Gasteiger partial charge in [0.2, 0.25) is 0 Å². The molecule has 0 aliphatic heterocycles. The molecule has 17 heavy (non-hydrogen) atoms. The zero-order valence-electron chi connectivity index (χ0n) is 9.82. The van der Waals surface area contributed by atoms with Crippen LogP contribution in [0.1, 0.15) is 21.9 Å². The van der Waals surface area contributed by atoms with Crippen LogP contribution in [0.5, 0.6) is 0 Å². The zero-order valence-corrected chi connectivity index (χ0v) is 10.6. The van der Waals surface area contributed by atoms with Gasteiger partial charge in [0, 0.05) is 10.8 Å². The summed E-state index contributed by atoms with van der Waals surface area (Å²) >= 11 is 1.72. The third-order valence-corrected chi connectivity index (χ3v) is 4.07. The average molecular weight is 249 g/mol. The van der Waals surface area contributed by atoms with Gasteiger partial charge in [0.05, 0.1) is 0 Å². The molecule has 0 amide bonds. The lowest BCUT2D eigenvalue weighted by Gasteiger charge is -2.15. The van der Waals surface area contributed by atoms with Crippen molar-refractivity contribution in [3.63, 3.8) is 0 Å². The van der Waals surface area contributed by atoms with Crippen LogP contribution in [0.4, 0.5) is 4.39 Å². The van der Waals surface area contributed by atoms with Gasteiger partial charge in [-0.25, -0.2) is 4.39 Å². The Morgan fingerprint density at radius 1 is 1.29 bits per heavy atom. The molecule has 1 heterocycles.